The Labute approximate surface area is 614 Å². The van der Waals surface area contributed by atoms with Crippen molar-refractivity contribution >= 4 is 82.5 Å². The van der Waals surface area contributed by atoms with Gasteiger partial charge in [0.1, 0.15) is 47.8 Å². The number of benzene rings is 2. The van der Waals surface area contributed by atoms with Crippen LogP contribution < -0.4 is 16.0 Å². The standard InChI is InChI=1S/C73H101ClF6N12O13/c1-10-44(2)60-68(102)86(5)42-58(95)84(3)43-59(96)87(6)54(39-46-23-27-49(28-24-46)72(75,76)77)66(100)85(4)41-56(93)81-52(30-26-45-25-29-50(51(74)38-45)73(78,79)80)65(99)92-33-17-22-53(92)63(97)83-71(31-14-15-32-71)70(104)90(9)62(48-18-12-11-13-19-48)69(103)88(7)55(67(101)91-34-36-105-37-35-91)40-57(94)89(8)61(64(98)82-60)47-20-16-21-47/h23-25,27-29,38,44,47-48,52-55,60-62H,10-22,26,30-37,39-43H2,1-9H3,(H,81,93)(H,82,98)(H,83,97)/t44-,52-,53?,54-,55-,60-,61-,62-/m0/s1. The molecule has 0 radical (unpaired) electrons. The molecule has 1 spiro atoms. The van der Waals surface area contributed by atoms with Crippen LogP contribution in [0.25, 0.3) is 0 Å². The maximum atomic E-state index is 15.8. The van der Waals surface area contributed by atoms with E-state index < -0.39 is 197 Å². The minimum Gasteiger partial charge on any atom is -0.378 e. The first-order valence-electron chi connectivity index (χ1n) is 36.4. The van der Waals surface area contributed by atoms with Gasteiger partial charge in [0.15, 0.2) is 0 Å². The van der Waals surface area contributed by atoms with Gasteiger partial charge in [-0.15, -0.1) is 0 Å². The number of amides is 12. The van der Waals surface area contributed by atoms with Crippen molar-refractivity contribution in [1.82, 2.24) is 60.0 Å². The lowest BCUT2D eigenvalue weighted by atomic mass is 9.78. The van der Waals surface area contributed by atoms with E-state index in [0.717, 1.165) is 74.9 Å². The zero-order chi connectivity index (χ0) is 77.2. The topological polar surface area (TPSA) is 279 Å². The molecule has 25 nitrogen and oxygen atoms in total. The zero-order valence-electron chi connectivity index (χ0n) is 61.4. The van der Waals surface area contributed by atoms with E-state index in [-0.39, 0.29) is 82.5 Å². The molecule has 580 valence electrons. The molecule has 3 N–H and O–H groups in total. The molecule has 0 aromatic heterocycles. The summed E-state index contributed by atoms with van der Waals surface area (Å²) in [7, 11) is 9.28. The minimum absolute atomic E-state index is 0.0450. The Bertz CT molecular complexity index is 3510. The largest absolute Gasteiger partial charge is 0.417 e. The van der Waals surface area contributed by atoms with Gasteiger partial charge in [-0.25, -0.2) is 0 Å². The zero-order valence-corrected chi connectivity index (χ0v) is 62.1. The first-order valence-corrected chi connectivity index (χ1v) is 36.8. The molecule has 2 aromatic rings. The molecule has 3 aliphatic heterocycles. The first kappa shape index (κ1) is 82.6. The number of carbonyl (C=O) groups is 12. The minimum atomic E-state index is -4.81. The number of fused-ring (bicyclic) bond motifs is 1. The Morgan fingerprint density at radius 2 is 1.20 bits per heavy atom. The summed E-state index contributed by atoms with van der Waals surface area (Å²) < 4.78 is 88.7. The van der Waals surface area contributed by atoms with E-state index in [0.29, 0.717) is 57.8 Å². The van der Waals surface area contributed by atoms with Crippen LogP contribution in [-0.2, 0) is 87.5 Å². The smallest absolute Gasteiger partial charge is 0.378 e. The molecule has 1 unspecified atom stereocenters. The van der Waals surface area contributed by atoms with Gasteiger partial charge in [0.2, 0.25) is 70.9 Å². The third-order valence-corrected chi connectivity index (χ3v) is 22.6. The molecule has 6 aliphatic rings. The predicted molar refractivity (Wildman–Crippen MR) is 372 cm³/mol. The molecule has 6 fully saturated rings. The van der Waals surface area contributed by atoms with Gasteiger partial charge < -0.3 is 64.8 Å². The van der Waals surface area contributed by atoms with Gasteiger partial charge in [-0.2, -0.15) is 26.3 Å². The molecule has 0 bridgehead atoms. The highest BCUT2D eigenvalue weighted by atomic mass is 35.5. The van der Waals surface area contributed by atoms with Crippen LogP contribution in [0, 0.1) is 17.8 Å². The Balaban J connectivity index is 1.18. The molecule has 12 amide bonds. The lowest BCUT2D eigenvalue weighted by molar-refractivity contribution is -0.158. The van der Waals surface area contributed by atoms with Crippen molar-refractivity contribution < 1.29 is 88.6 Å². The number of aryl methyl sites for hydroxylation is 1. The molecule has 105 heavy (non-hydrogen) atoms. The van der Waals surface area contributed by atoms with Crippen molar-refractivity contribution in [2.24, 2.45) is 17.8 Å². The van der Waals surface area contributed by atoms with Crippen LogP contribution in [0.15, 0.2) is 42.5 Å². The van der Waals surface area contributed by atoms with Gasteiger partial charge in [0.25, 0.3) is 0 Å². The van der Waals surface area contributed by atoms with Crippen LogP contribution in [0.2, 0.25) is 5.02 Å². The quantitative estimate of drug-likeness (QED) is 0.255. The lowest BCUT2D eigenvalue weighted by Crippen LogP contribution is -2.65. The van der Waals surface area contributed by atoms with E-state index in [4.69, 9.17) is 16.3 Å². The second-order valence-corrected chi connectivity index (χ2v) is 29.8. The van der Waals surface area contributed by atoms with Crippen molar-refractivity contribution in [2.45, 2.75) is 196 Å². The molecule has 8 atom stereocenters. The summed E-state index contributed by atoms with van der Waals surface area (Å²) in [6.45, 7) is 1.86. The van der Waals surface area contributed by atoms with Gasteiger partial charge in [0.05, 0.1) is 55.4 Å². The number of alkyl halides is 6. The fraction of sp³-hybridized carbons (Fsp3) is 0.671. The van der Waals surface area contributed by atoms with Gasteiger partial charge in [-0.05, 0) is 117 Å². The van der Waals surface area contributed by atoms with E-state index >= 15 is 28.8 Å². The number of halogens is 7. The molecule has 32 heteroatoms. The number of likely N-dealkylation sites (N-methyl/N-ethyl adjacent to an activating group) is 7. The summed E-state index contributed by atoms with van der Waals surface area (Å²) in [6, 6.07) is -2.83. The van der Waals surface area contributed by atoms with E-state index in [1.165, 1.54) is 73.8 Å². The van der Waals surface area contributed by atoms with Crippen LogP contribution in [-0.4, -0.2) is 265 Å². The predicted octanol–water partition coefficient (Wildman–Crippen LogP) is 5.31. The molecular formula is C73H101ClF6N12O13. The number of ether oxygens (including phenoxy) is 1. The Kier molecular flexibility index (Phi) is 27.9. The number of nitrogens with one attached hydrogen (secondary N) is 3. The van der Waals surface area contributed by atoms with Crippen molar-refractivity contribution in [3.63, 3.8) is 0 Å². The Hall–Kier alpha value is -8.09. The highest BCUT2D eigenvalue weighted by Crippen LogP contribution is 2.39. The summed E-state index contributed by atoms with van der Waals surface area (Å²) >= 11 is 6.13. The molecule has 2 aromatic carbocycles. The number of hydrogen-bond donors (Lipinski definition) is 3. The number of carbonyl (C=O) groups excluding carboxylic acids is 12. The lowest BCUT2D eigenvalue weighted by Gasteiger charge is -2.44. The third-order valence-electron chi connectivity index (χ3n) is 22.3. The monoisotopic (exact) mass is 1500 g/mol. The molecule has 3 heterocycles. The summed E-state index contributed by atoms with van der Waals surface area (Å²) in [6.07, 6.45) is -4.20. The van der Waals surface area contributed by atoms with Crippen LogP contribution in [0.1, 0.15) is 145 Å². The molecule has 8 rings (SSSR count). The highest BCUT2D eigenvalue weighted by Gasteiger charge is 2.52. The second-order valence-electron chi connectivity index (χ2n) is 29.4. The summed E-state index contributed by atoms with van der Waals surface area (Å²) in [4.78, 5) is 190. The van der Waals surface area contributed by atoms with Crippen molar-refractivity contribution in [3.05, 3.63) is 69.7 Å². The molecule has 3 aliphatic carbocycles. The highest BCUT2D eigenvalue weighted by molar-refractivity contribution is 6.31. The SMILES string of the molecule is CC[C@H](C)[C@@H]1NC(=O)[C@H](C2CCC2)N(C)C(=O)C[C@@H](C(=O)N2CCOCC2)N(C)C(=O)[C@H](C2CCCCC2)N(C)C(=O)C2(CCCC2)NC(=O)C2CCCN2C(=O)[C@H](CCc2ccc(C(F)(F)F)c(Cl)c2)NC(=O)CN(C)C(=O)[C@H](Cc2ccc(C(F)(F)F)cc2)N(C)C(=O)CN(C)C(=O)CN(C)C1=O. The van der Waals surface area contributed by atoms with Crippen LogP contribution >= 0.6 is 11.6 Å². The number of nitrogens with zero attached hydrogens (tertiary/aromatic N) is 9. The normalized spacial score (nSPS) is 26.1. The average molecular weight is 1500 g/mol. The van der Waals surface area contributed by atoms with E-state index in [2.05, 4.69) is 16.0 Å². The average Bonchev–Trinajstić information content (AvgIpc) is 1.67. The van der Waals surface area contributed by atoms with Gasteiger partial charge in [-0.1, -0.05) is 88.6 Å². The van der Waals surface area contributed by atoms with E-state index in [1.54, 1.807) is 13.8 Å². The fourth-order valence-electron chi connectivity index (χ4n) is 15.3. The number of morpholine rings is 1. The van der Waals surface area contributed by atoms with Crippen molar-refractivity contribution in [3.8, 4) is 0 Å². The first-order chi connectivity index (χ1) is 49.5. The molecule has 3 saturated heterocycles. The third kappa shape index (κ3) is 19.9. The maximum Gasteiger partial charge on any atom is 0.417 e. The Morgan fingerprint density at radius 3 is 1.79 bits per heavy atom. The van der Waals surface area contributed by atoms with Crippen molar-refractivity contribution in [1.29, 1.82) is 0 Å². The second kappa shape index (κ2) is 35.5. The summed E-state index contributed by atoms with van der Waals surface area (Å²) in [5.74, 6) is -10.5. The number of hydrogen-bond acceptors (Lipinski definition) is 13. The summed E-state index contributed by atoms with van der Waals surface area (Å²) in [5.41, 5.74) is -3.41. The van der Waals surface area contributed by atoms with Crippen LogP contribution in [0.3, 0.4) is 0 Å². The number of rotatable bonds is 10. The van der Waals surface area contributed by atoms with Gasteiger partial charge >= 0.3 is 12.4 Å². The van der Waals surface area contributed by atoms with E-state index in [9.17, 15) is 55.1 Å². The van der Waals surface area contributed by atoms with E-state index in [1.807, 2.05) is 0 Å². The van der Waals surface area contributed by atoms with Crippen LogP contribution in [0.4, 0.5) is 26.3 Å². The molecule has 3 saturated carbocycles. The fourth-order valence-corrected chi connectivity index (χ4v) is 15.7. The van der Waals surface area contributed by atoms with Crippen molar-refractivity contribution in [2.75, 3.05) is 102 Å². The van der Waals surface area contributed by atoms with Gasteiger partial charge in [0, 0.05) is 75.4 Å². The van der Waals surface area contributed by atoms with Crippen LogP contribution in [0.5, 0.6) is 0 Å². The maximum absolute atomic E-state index is 15.8. The Morgan fingerprint density at radius 1 is 0.600 bits per heavy atom. The van der Waals surface area contributed by atoms with Gasteiger partial charge in [-0.3, -0.25) is 57.5 Å². The molecular weight excluding hydrogens is 1400 g/mol. The summed E-state index contributed by atoms with van der Waals surface area (Å²) in [5, 5.41) is 7.93.